The third-order valence-electron chi connectivity index (χ3n) is 2.88. The molecule has 1 aliphatic heterocycles. The molecule has 5 heteroatoms. The molecule has 88 valence electrons. The molecule has 0 aliphatic carbocycles. The van der Waals surface area contributed by atoms with E-state index < -0.39 is 0 Å². The van der Waals surface area contributed by atoms with Gasteiger partial charge < -0.3 is 10.6 Å². The number of nitriles is 1. The Labute approximate surface area is 101 Å². The number of hydrogen-bond acceptors (Lipinski definition) is 3. The standard InChI is InChI=1S/C12H15N5/c1-17-7-3-4-9-10(5-2-6-11(9)17)16-12(14)15-8-13/h2,5-6H,3-4,7H2,1H3,(H3,14,15,16). The van der Waals surface area contributed by atoms with Crippen LogP contribution in [0.1, 0.15) is 12.0 Å². The highest BCUT2D eigenvalue weighted by Crippen LogP contribution is 2.33. The van der Waals surface area contributed by atoms with Crippen molar-refractivity contribution < 1.29 is 0 Å². The molecule has 0 aromatic heterocycles. The lowest BCUT2D eigenvalue weighted by Gasteiger charge is -2.28. The lowest BCUT2D eigenvalue weighted by atomic mass is 10.0. The Balaban J connectivity index is 2.40. The Morgan fingerprint density at radius 1 is 1.59 bits per heavy atom. The Morgan fingerprint density at radius 3 is 3.18 bits per heavy atom. The number of nitrogens with two attached hydrogens (primary N) is 1. The van der Waals surface area contributed by atoms with Crippen molar-refractivity contribution in [3.05, 3.63) is 23.8 Å². The van der Waals surface area contributed by atoms with Gasteiger partial charge in [-0.1, -0.05) is 6.07 Å². The minimum atomic E-state index is 0.133. The summed E-state index contributed by atoms with van der Waals surface area (Å²) in [5, 5.41) is 10.8. The molecule has 0 atom stereocenters. The van der Waals surface area contributed by atoms with Crippen molar-refractivity contribution in [1.29, 1.82) is 5.26 Å². The van der Waals surface area contributed by atoms with Crippen molar-refractivity contribution in [2.24, 2.45) is 10.7 Å². The molecule has 2 rings (SSSR count). The van der Waals surface area contributed by atoms with Crippen LogP contribution < -0.4 is 16.0 Å². The van der Waals surface area contributed by atoms with E-state index in [2.05, 4.69) is 28.3 Å². The van der Waals surface area contributed by atoms with Crippen molar-refractivity contribution >= 4 is 17.3 Å². The summed E-state index contributed by atoms with van der Waals surface area (Å²) >= 11 is 0. The minimum absolute atomic E-state index is 0.133. The third kappa shape index (κ3) is 2.31. The number of nitrogens with zero attached hydrogens (tertiary/aromatic N) is 3. The first-order valence-electron chi connectivity index (χ1n) is 5.54. The van der Waals surface area contributed by atoms with E-state index in [0.29, 0.717) is 0 Å². The van der Waals surface area contributed by atoms with E-state index in [4.69, 9.17) is 11.0 Å². The van der Waals surface area contributed by atoms with Gasteiger partial charge in [0.05, 0.1) is 5.69 Å². The van der Waals surface area contributed by atoms with Gasteiger partial charge in [0, 0.05) is 24.8 Å². The van der Waals surface area contributed by atoms with Crippen molar-refractivity contribution in [3.8, 4) is 6.19 Å². The van der Waals surface area contributed by atoms with Crippen molar-refractivity contribution in [3.63, 3.8) is 0 Å². The summed E-state index contributed by atoms with van der Waals surface area (Å²) in [6.45, 7) is 1.06. The SMILES string of the molecule is CN1CCCc2c(N=C(N)NC#N)cccc21. The highest BCUT2D eigenvalue weighted by Gasteiger charge is 2.16. The maximum atomic E-state index is 8.47. The molecule has 5 nitrogen and oxygen atoms in total. The average Bonchev–Trinajstić information content (AvgIpc) is 2.31. The lowest BCUT2D eigenvalue weighted by Crippen LogP contribution is -2.27. The molecule has 0 bridgehead atoms. The largest absolute Gasteiger partial charge is 0.374 e. The molecule has 3 N–H and O–H groups in total. The first-order chi connectivity index (χ1) is 8.22. The highest BCUT2D eigenvalue weighted by atomic mass is 15.1. The third-order valence-corrected chi connectivity index (χ3v) is 2.88. The van der Waals surface area contributed by atoms with Crippen LogP contribution in [0.4, 0.5) is 11.4 Å². The van der Waals surface area contributed by atoms with Gasteiger partial charge in [-0.2, -0.15) is 5.26 Å². The van der Waals surface area contributed by atoms with Gasteiger partial charge in [-0.25, -0.2) is 4.99 Å². The summed E-state index contributed by atoms with van der Waals surface area (Å²) in [7, 11) is 2.07. The van der Waals surface area contributed by atoms with E-state index in [1.807, 2.05) is 12.1 Å². The molecule has 1 heterocycles. The molecule has 1 aliphatic rings. The van der Waals surface area contributed by atoms with Gasteiger partial charge >= 0.3 is 0 Å². The summed E-state index contributed by atoms with van der Waals surface area (Å²) in [4.78, 5) is 6.44. The molecule has 1 aromatic carbocycles. The number of benzene rings is 1. The zero-order chi connectivity index (χ0) is 12.3. The Kier molecular flexibility index (Phi) is 3.15. The molecule has 0 radical (unpaired) electrons. The number of guanidine groups is 1. The average molecular weight is 229 g/mol. The normalized spacial score (nSPS) is 15.1. The Morgan fingerprint density at radius 2 is 2.41 bits per heavy atom. The number of fused-ring (bicyclic) bond motifs is 1. The predicted molar refractivity (Wildman–Crippen MR) is 68.1 cm³/mol. The van der Waals surface area contributed by atoms with Crippen LogP contribution in [0.3, 0.4) is 0 Å². The van der Waals surface area contributed by atoms with Gasteiger partial charge in [-0.05, 0) is 25.0 Å². The van der Waals surface area contributed by atoms with Crippen LogP contribution in [0.15, 0.2) is 23.2 Å². The minimum Gasteiger partial charge on any atom is -0.374 e. The molecule has 0 spiro atoms. The van der Waals surface area contributed by atoms with Crippen molar-refractivity contribution in [2.75, 3.05) is 18.5 Å². The first-order valence-corrected chi connectivity index (χ1v) is 5.54. The fraction of sp³-hybridized carbons (Fsp3) is 0.333. The van der Waals surface area contributed by atoms with Crippen LogP contribution in [-0.4, -0.2) is 19.6 Å². The smallest absolute Gasteiger partial charge is 0.207 e. The van der Waals surface area contributed by atoms with Gasteiger partial charge in [-0.15, -0.1) is 0 Å². The second kappa shape index (κ2) is 4.74. The topological polar surface area (TPSA) is 77.4 Å². The summed E-state index contributed by atoms with van der Waals surface area (Å²) < 4.78 is 0. The quantitative estimate of drug-likeness (QED) is 0.327. The van der Waals surface area contributed by atoms with Gasteiger partial charge in [0.15, 0.2) is 6.19 Å². The fourth-order valence-corrected chi connectivity index (χ4v) is 2.11. The molecule has 17 heavy (non-hydrogen) atoms. The van der Waals surface area contributed by atoms with Crippen molar-refractivity contribution in [1.82, 2.24) is 5.32 Å². The number of rotatable bonds is 1. The number of anilines is 1. The van der Waals surface area contributed by atoms with E-state index in [-0.39, 0.29) is 5.96 Å². The molecule has 1 aromatic rings. The van der Waals surface area contributed by atoms with Crippen LogP contribution in [0.25, 0.3) is 0 Å². The van der Waals surface area contributed by atoms with E-state index in [9.17, 15) is 0 Å². The molecule has 0 unspecified atom stereocenters. The van der Waals surface area contributed by atoms with E-state index in [0.717, 1.165) is 25.1 Å². The predicted octanol–water partition coefficient (Wildman–Crippen LogP) is 1.09. The first kappa shape index (κ1) is 11.3. The molecule has 0 saturated heterocycles. The number of nitrogens with one attached hydrogen (secondary N) is 1. The second-order valence-corrected chi connectivity index (χ2v) is 4.03. The molecular weight excluding hydrogens is 214 g/mol. The molecule has 0 fully saturated rings. The van der Waals surface area contributed by atoms with Gasteiger partial charge in [0.1, 0.15) is 0 Å². The van der Waals surface area contributed by atoms with Crippen molar-refractivity contribution in [2.45, 2.75) is 12.8 Å². The summed E-state index contributed by atoms with van der Waals surface area (Å²) in [6.07, 6.45) is 3.87. The highest BCUT2D eigenvalue weighted by molar-refractivity contribution is 5.83. The number of aliphatic imine (C=N–C) groups is 1. The summed E-state index contributed by atoms with van der Waals surface area (Å²) in [5.74, 6) is 0.133. The molecular formula is C12H15N5. The Hall–Kier alpha value is -2.22. The van der Waals surface area contributed by atoms with Crippen LogP contribution in [0, 0.1) is 11.5 Å². The maximum Gasteiger partial charge on any atom is 0.207 e. The van der Waals surface area contributed by atoms with Gasteiger partial charge in [0.25, 0.3) is 0 Å². The lowest BCUT2D eigenvalue weighted by molar-refractivity contribution is 0.745. The van der Waals surface area contributed by atoms with E-state index in [1.165, 1.54) is 11.3 Å². The van der Waals surface area contributed by atoms with Crippen LogP contribution in [0.2, 0.25) is 0 Å². The van der Waals surface area contributed by atoms with Crippen LogP contribution >= 0.6 is 0 Å². The van der Waals surface area contributed by atoms with Gasteiger partial charge in [0.2, 0.25) is 5.96 Å². The second-order valence-electron chi connectivity index (χ2n) is 4.03. The fourth-order valence-electron chi connectivity index (χ4n) is 2.11. The van der Waals surface area contributed by atoms with E-state index >= 15 is 0 Å². The zero-order valence-electron chi connectivity index (χ0n) is 9.77. The zero-order valence-corrected chi connectivity index (χ0v) is 9.77. The number of hydrogen-bond donors (Lipinski definition) is 2. The monoisotopic (exact) mass is 229 g/mol. The van der Waals surface area contributed by atoms with Crippen LogP contribution in [0.5, 0.6) is 0 Å². The van der Waals surface area contributed by atoms with Crippen LogP contribution in [-0.2, 0) is 6.42 Å². The maximum absolute atomic E-state index is 8.47. The summed E-state index contributed by atoms with van der Waals surface area (Å²) in [5.41, 5.74) is 8.82. The Bertz CT molecular complexity index is 486. The molecule has 0 amide bonds. The summed E-state index contributed by atoms with van der Waals surface area (Å²) in [6, 6.07) is 5.96. The molecule has 0 saturated carbocycles. The van der Waals surface area contributed by atoms with Gasteiger partial charge in [-0.3, -0.25) is 5.32 Å². The van der Waals surface area contributed by atoms with E-state index in [1.54, 1.807) is 6.19 Å².